The van der Waals surface area contributed by atoms with E-state index in [0.717, 1.165) is 10.8 Å². The minimum absolute atomic E-state index is 0.0177. The fraction of sp³-hybridized carbons (Fsp3) is 0.308. The first-order chi connectivity index (χ1) is 9.16. The molecule has 0 aliphatic rings. The van der Waals surface area contributed by atoms with E-state index in [1.165, 1.54) is 11.3 Å². The first-order valence-corrected chi connectivity index (χ1v) is 6.83. The second-order valence-electron chi connectivity index (χ2n) is 4.31. The van der Waals surface area contributed by atoms with Gasteiger partial charge in [0.25, 0.3) is 0 Å². The van der Waals surface area contributed by atoms with Crippen molar-refractivity contribution in [2.45, 2.75) is 6.04 Å². The summed E-state index contributed by atoms with van der Waals surface area (Å²) in [6.45, 7) is 0.484. The van der Waals surface area contributed by atoms with E-state index in [-0.39, 0.29) is 12.1 Å². The Kier molecular flexibility index (Phi) is 4.59. The number of carbonyl (C=O) groups excluding carboxylic acids is 1. The summed E-state index contributed by atoms with van der Waals surface area (Å²) in [5.74, 6) is 0.835. The molecule has 2 aromatic rings. The molecule has 0 aromatic carbocycles. The van der Waals surface area contributed by atoms with Crippen LogP contribution in [0, 0.1) is 0 Å². The molecular formula is C13H17N3O2S. The van der Waals surface area contributed by atoms with Crippen molar-refractivity contribution in [2.75, 3.05) is 26.0 Å². The third-order valence-electron chi connectivity index (χ3n) is 2.71. The van der Waals surface area contributed by atoms with Crippen LogP contribution < -0.4 is 10.6 Å². The zero-order chi connectivity index (χ0) is 13.7. The summed E-state index contributed by atoms with van der Waals surface area (Å²) in [5, 5.41) is 8.37. The number of rotatable bonds is 5. The quantitative estimate of drug-likeness (QED) is 0.885. The van der Waals surface area contributed by atoms with Gasteiger partial charge in [0.15, 0.2) is 0 Å². The molecule has 2 amide bonds. The third kappa shape index (κ3) is 3.84. The maximum Gasteiger partial charge on any atom is 0.319 e. The summed E-state index contributed by atoms with van der Waals surface area (Å²) in [6.07, 6.45) is 1.64. The molecule has 2 rings (SSSR count). The van der Waals surface area contributed by atoms with Gasteiger partial charge in [-0.3, -0.25) is 10.2 Å². The van der Waals surface area contributed by atoms with Crippen LogP contribution in [0.25, 0.3) is 0 Å². The number of likely N-dealkylation sites (N-methyl/N-ethyl adjacent to an activating group) is 1. The minimum Gasteiger partial charge on any atom is -0.468 e. The summed E-state index contributed by atoms with van der Waals surface area (Å²) in [7, 11) is 3.90. The van der Waals surface area contributed by atoms with E-state index in [9.17, 15) is 4.79 Å². The lowest BCUT2D eigenvalue weighted by atomic mass is 10.2. The fourth-order valence-corrected chi connectivity index (χ4v) is 2.33. The van der Waals surface area contributed by atoms with Crippen molar-refractivity contribution >= 4 is 22.4 Å². The van der Waals surface area contributed by atoms with Crippen molar-refractivity contribution in [3.63, 3.8) is 0 Å². The standard InChI is InChI=1S/C13H17N3O2S/c1-16(2)10(11-5-3-7-18-11)9-14-13(17)15-12-6-4-8-19-12/h3-8,10H,9H2,1-2H3,(H2,14,15,17)/t10-/m1/s1. The first-order valence-electron chi connectivity index (χ1n) is 5.95. The Bertz CT molecular complexity index is 494. The van der Waals surface area contributed by atoms with Crippen LogP contribution in [0.1, 0.15) is 11.8 Å². The van der Waals surface area contributed by atoms with Crippen LogP contribution in [-0.4, -0.2) is 31.6 Å². The van der Waals surface area contributed by atoms with Gasteiger partial charge in [0, 0.05) is 6.54 Å². The Balaban J connectivity index is 1.87. The number of carbonyl (C=O) groups is 1. The maximum absolute atomic E-state index is 11.7. The second-order valence-corrected chi connectivity index (χ2v) is 5.25. The van der Waals surface area contributed by atoms with Crippen LogP contribution in [0.4, 0.5) is 9.80 Å². The molecule has 0 aliphatic heterocycles. The molecular weight excluding hydrogens is 262 g/mol. The molecule has 0 aliphatic carbocycles. The summed E-state index contributed by atoms with van der Waals surface area (Å²) < 4.78 is 5.38. The number of hydrogen-bond acceptors (Lipinski definition) is 4. The Labute approximate surface area is 116 Å². The van der Waals surface area contributed by atoms with Crippen molar-refractivity contribution in [3.8, 4) is 0 Å². The Morgan fingerprint density at radius 1 is 1.42 bits per heavy atom. The third-order valence-corrected chi connectivity index (χ3v) is 3.49. The molecule has 19 heavy (non-hydrogen) atoms. The average Bonchev–Trinajstić information content (AvgIpc) is 3.01. The predicted molar refractivity (Wildman–Crippen MR) is 76.5 cm³/mol. The van der Waals surface area contributed by atoms with E-state index in [4.69, 9.17) is 4.42 Å². The lowest BCUT2D eigenvalue weighted by molar-refractivity contribution is 0.233. The van der Waals surface area contributed by atoms with Gasteiger partial charge in [-0.15, -0.1) is 11.3 Å². The van der Waals surface area contributed by atoms with Crippen molar-refractivity contribution in [1.29, 1.82) is 0 Å². The zero-order valence-corrected chi connectivity index (χ0v) is 11.7. The van der Waals surface area contributed by atoms with Crippen LogP contribution in [0.15, 0.2) is 40.3 Å². The monoisotopic (exact) mass is 279 g/mol. The SMILES string of the molecule is CN(C)[C@H](CNC(=O)Nc1cccs1)c1ccco1. The molecule has 2 aromatic heterocycles. The topological polar surface area (TPSA) is 57.5 Å². The van der Waals surface area contributed by atoms with Gasteiger partial charge < -0.3 is 9.73 Å². The Hall–Kier alpha value is -1.79. The summed E-state index contributed by atoms with van der Waals surface area (Å²) >= 11 is 1.49. The molecule has 0 radical (unpaired) electrons. The van der Waals surface area contributed by atoms with Crippen molar-refractivity contribution in [3.05, 3.63) is 41.7 Å². The van der Waals surface area contributed by atoms with Crippen molar-refractivity contribution < 1.29 is 9.21 Å². The van der Waals surface area contributed by atoms with E-state index in [0.29, 0.717) is 6.54 Å². The summed E-state index contributed by atoms with van der Waals surface area (Å²) in [5.41, 5.74) is 0. The Morgan fingerprint density at radius 2 is 2.26 bits per heavy atom. The highest BCUT2D eigenvalue weighted by atomic mass is 32.1. The van der Waals surface area contributed by atoms with Gasteiger partial charge in [-0.2, -0.15) is 0 Å². The molecule has 0 fully saturated rings. The number of urea groups is 1. The summed E-state index contributed by atoms with van der Waals surface area (Å²) in [6, 6.07) is 7.32. The molecule has 1 atom stereocenters. The molecule has 2 N–H and O–H groups in total. The average molecular weight is 279 g/mol. The number of amides is 2. The number of thiophene rings is 1. The Morgan fingerprint density at radius 3 is 2.84 bits per heavy atom. The molecule has 0 unspecified atom stereocenters. The molecule has 5 nitrogen and oxygen atoms in total. The van der Waals surface area contributed by atoms with Crippen LogP contribution in [0.2, 0.25) is 0 Å². The normalized spacial score (nSPS) is 12.4. The summed E-state index contributed by atoms with van der Waals surface area (Å²) in [4.78, 5) is 13.7. The van der Waals surface area contributed by atoms with E-state index in [1.807, 2.05) is 48.6 Å². The number of furan rings is 1. The van der Waals surface area contributed by atoms with E-state index in [2.05, 4.69) is 10.6 Å². The highest BCUT2D eigenvalue weighted by molar-refractivity contribution is 7.14. The van der Waals surface area contributed by atoms with Gasteiger partial charge >= 0.3 is 6.03 Å². The number of nitrogens with zero attached hydrogens (tertiary/aromatic N) is 1. The van der Waals surface area contributed by atoms with Crippen molar-refractivity contribution in [2.24, 2.45) is 0 Å². The van der Waals surface area contributed by atoms with E-state index >= 15 is 0 Å². The fourth-order valence-electron chi connectivity index (χ4n) is 1.71. The van der Waals surface area contributed by atoms with E-state index < -0.39 is 0 Å². The number of anilines is 1. The van der Waals surface area contributed by atoms with Crippen LogP contribution in [-0.2, 0) is 0 Å². The lowest BCUT2D eigenvalue weighted by Crippen LogP contribution is -2.36. The molecule has 0 saturated heterocycles. The molecule has 0 spiro atoms. The van der Waals surface area contributed by atoms with Crippen LogP contribution in [0.5, 0.6) is 0 Å². The highest BCUT2D eigenvalue weighted by Crippen LogP contribution is 2.18. The smallest absolute Gasteiger partial charge is 0.319 e. The number of nitrogens with one attached hydrogen (secondary N) is 2. The lowest BCUT2D eigenvalue weighted by Gasteiger charge is -2.22. The van der Waals surface area contributed by atoms with Gasteiger partial charge in [-0.25, -0.2) is 4.79 Å². The largest absolute Gasteiger partial charge is 0.468 e. The zero-order valence-electron chi connectivity index (χ0n) is 10.9. The predicted octanol–water partition coefficient (Wildman–Crippen LogP) is 2.77. The minimum atomic E-state index is -0.208. The van der Waals surface area contributed by atoms with Gasteiger partial charge in [-0.1, -0.05) is 0 Å². The van der Waals surface area contributed by atoms with Gasteiger partial charge in [0.2, 0.25) is 0 Å². The van der Waals surface area contributed by atoms with Crippen molar-refractivity contribution in [1.82, 2.24) is 10.2 Å². The van der Waals surface area contributed by atoms with Gasteiger partial charge in [0.1, 0.15) is 5.76 Å². The highest BCUT2D eigenvalue weighted by Gasteiger charge is 2.17. The van der Waals surface area contributed by atoms with Gasteiger partial charge in [0.05, 0.1) is 17.3 Å². The molecule has 0 bridgehead atoms. The molecule has 102 valence electrons. The number of hydrogen-bond donors (Lipinski definition) is 2. The molecule has 0 saturated carbocycles. The van der Waals surface area contributed by atoms with Crippen LogP contribution >= 0.6 is 11.3 Å². The second kappa shape index (κ2) is 6.40. The maximum atomic E-state index is 11.7. The van der Waals surface area contributed by atoms with Crippen LogP contribution in [0.3, 0.4) is 0 Å². The van der Waals surface area contributed by atoms with E-state index in [1.54, 1.807) is 6.26 Å². The first kappa shape index (κ1) is 13.6. The van der Waals surface area contributed by atoms with Gasteiger partial charge in [-0.05, 0) is 43.7 Å². The molecule has 2 heterocycles. The molecule has 6 heteroatoms.